The second-order valence-electron chi connectivity index (χ2n) is 5.01. The predicted octanol–water partition coefficient (Wildman–Crippen LogP) is 1.11. The Bertz CT molecular complexity index is 416. The van der Waals surface area contributed by atoms with Gasteiger partial charge in [0.05, 0.1) is 0 Å². The summed E-state index contributed by atoms with van der Waals surface area (Å²) in [5, 5.41) is 12.5. The molecule has 1 aromatic heterocycles. The SMILES string of the molecule is CC(C)N1CCCC1Cc1noc(CC(=O)O)n1. The van der Waals surface area contributed by atoms with Crippen LogP contribution in [0.5, 0.6) is 0 Å². The van der Waals surface area contributed by atoms with Crippen molar-refractivity contribution in [2.45, 2.75) is 51.6 Å². The fraction of sp³-hybridized carbons (Fsp3) is 0.750. The first-order chi connectivity index (χ1) is 8.56. The Morgan fingerprint density at radius 3 is 3.06 bits per heavy atom. The minimum Gasteiger partial charge on any atom is -0.481 e. The van der Waals surface area contributed by atoms with Crippen LogP contribution in [0.15, 0.2) is 4.52 Å². The summed E-state index contributed by atoms with van der Waals surface area (Å²) in [6.45, 7) is 5.48. The zero-order chi connectivity index (χ0) is 13.1. The summed E-state index contributed by atoms with van der Waals surface area (Å²) in [5.41, 5.74) is 0. The van der Waals surface area contributed by atoms with Gasteiger partial charge in [-0.05, 0) is 33.2 Å². The molecule has 0 bridgehead atoms. The third-order valence-corrected chi connectivity index (χ3v) is 3.32. The van der Waals surface area contributed by atoms with E-state index in [0.717, 1.165) is 19.4 Å². The van der Waals surface area contributed by atoms with E-state index in [4.69, 9.17) is 9.63 Å². The molecule has 0 radical (unpaired) electrons. The lowest BCUT2D eigenvalue weighted by Gasteiger charge is -2.27. The van der Waals surface area contributed by atoms with E-state index in [-0.39, 0.29) is 12.3 Å². The molecule has 2 rings (SSSR count). The van der Waals surface area contributed by atoms with Crippen molar-refractivity contribution in [2.75, 3.05) is 6.54 Å². The lowest BCUT2D eigenvalue weighted by molar-refractivity contribution is -0.136. The summed E-state index contributed by atoms with van der Waals surface area (Å²) in [4.78, 5) is 17.1. The number of carboxylic acids is 1. The monoisotopic (exact) mass is 253 g/mol. The molecule has 0 spiro atoms. The first kappa shape index (κ1) is 13.0. The lowest BCUT2D eigenvalue weighted by atomic mass is 10.1. The van der Waals surface area contributed by atoms with Gasteiger partial charge in [0, 0.05) is 18.5 Å². The van der Waals surface area contributed by atoms with Crippen molar-refractivity contribution in [3.05, 3.63) is 11.7 Å². The molecule has 1 aliphatic heterocycles. The third-order valence-electron chi connectivity index (χ3n) is 3.32. The number of carbonyl (C=O) groups is 1. The van der Waals surface area contributed by atoms with Gasteiger partial charge in [-0.25, -0.2) is 0 Å². The number of rotatable bonds is 5. The number of hydrogen-bond acceptors (Lipinski definition) is 5. The quantitative estimate of drug-likeness (QED) is 0.846. The summed E-state index contributed by atoms with van der Waals surface area (Å²) in [6.07, 6.45) is 2.87. The van der Waals surface area contributed by atoms with Crippen molar-refractivity contribution in [1.82, 2.24) is 15.0 Å². The van der Waals surface area contributed by atoms with Gasteiger partial charge in [0.2, 0.25) is 5.89 Å². The number of hydrogen-bond donors (Lipinski definition) is 1. The van der Waals surface area contributed by atoms with E-state index < -0.39 is 5.97 Å². The maximum absolute atomic E-state index is 10.5. The van der Waals surface area contributed by atoms with E-state index in [1.165, 1.54) is 6.42 Å². The van der Waals surface area contributed by atoms with Crippen LogP contribution in [-0.2, 0) is 17.6 Å². The van der Waals surface area contributed by atoms with Gasteiger partial charge in [0.1, 0.15) is 6.42 Å². The van der Waals surface area contributed by atoms with Crippen molar-refractivity contribution < 1.29 is 14.4 Å². The molecule has 0 amide bonds. The number of likely N-dealkylation sites (tertiary alicyclic amines) is 1. The number of aromatic nitrogens is 2. The molecule has 1 fully saturated rings. The molecule has 1 N–H and O–H groups in total. The first-order valence-corrected chi connectivity index (χ1v) is 6.35. The van der Waals surface area contributed by atoms with Crippen LogP contribution in [0, 0.1) is 0 Å². The van der Waals surface area contributed by atoms with Gasteiger partial charge < -0.3 is 9.63 Å². The molecular weight excluding hydrogens is 234 g/mol. The van der Waals surface area contributed by atoms with E-state index >= 15 is 0 Å². The average molecular weight is 253 g/mol. The summed E-state index contributed by atoms with van der Waals surface area (Å²) in [5.74, 6) is -0.148. The second kappa shape index (κ2) is 5.48. The van der Waals surface area contributed by atoms with Gasteiger partial charge in [-0.2, -0.15) is 4.98 Å². The van der Waals surface area contributed by atoms with Gasteiger partial charge in [-0.15, -0.1) is 0 Å². The molecular formula is C12H19N3O3. The van der Waals surface area contributed by atoms with Crippen molar-refractivity contribution in [1.29, 1.82) is 0 Å². The Labute approximate surface area is 106 Å². The average Bonchev–Trinajstić information content (AvgIpc) is 2.87. The molecule has 1 aliphatic rings. The van der Waals surface area contributed by atoms with Crippen molar-refractivity contribution in [3.8, 4) is 0 Å². The molecule has 100 valence electrons. The van der Waals surface area contributed by atoms with Crippen LogP contribution in [0.4, 0.5) is 0 Å². The number of carboxylic acid groups (broad SMARTS) is 1. The van der Waals surface area contributed by atoms with Crippen LogP contribution in [0.1, 0.15) is 38.4 Å². The Balaban J connectivity index is 1.96. The molecule has 1 unspecified atom stereocenters. The summed E-state index contributed by atoms with van der Waals surface area (Å²) in [7, 11) is 0. The Hall–Kier alpha value is -1.43. The van der Waals surface area contributed by atoms with Crippen LogP contribution in [0.2, 0.25) is 0 Å². The first-order valence-electron chi connectivity index (χ1n) is 6.35. The predicted molar refractivity (Wildman–Crippen MR) is 64.2 cm³/mol. The van der Waals surface area contributed by atoms with Gasteiger partial charge in [0.15, 0.2) is 5.82 Å². The fourth-order valence-corrected chi connectivity index (χ4v) is 2.54. The van der Waals surface area contributed by atoms with Crippen LogP contribution in [0.3, 0.4) is 0 Å². The molecule has 0 aromatic carbocycles. The van der Waals surface area contributed by atoms with Crippen LogP contribution < -0.4 is 0 Å². The van der Waals surface area contributed by atoms with Crippen molar-refractivity contribution >= 4 is 5.97 Å². The Morgan fingerprint density at radius 1 is 1.61 bits per heavy atom. The van der Waals surface area contributed by atoms with Crippen LogP contribution in [0.25, 0.3) is 0 Å². The number of aliphatic carboxylic acids is 1. The number of nitrogens with zero attached hydrogens (tertiary/aromatic N) is 3. The van der Waals surface area contributed by atoms with E-state index in [1.54, 1.807) is 0 Å². The molecule has 1 atom stereocenters. The highest BCUT2D eigenvalue weighted by atomic mass is 16.5. The Kier molecular flexibility index (Phi) is 3.96. The van der Waals surface area contributed by atoms with E-state index in [1.807, 2.05) is 0 Å². The summed E-state index contributed by atoms with van der Waals surface area (Å²) >= 11 is 0. The molecule has 0 aliphatic carbocycles. The van der Waals surface area contributed by atoms with Gasteiger partial charge in [-0.1, -0.05) is 5.16 Å². The molecule has 1 saturated heterocycles. The highest BCUT2D eigenvalue weighted by molar-refractivity contribution is 5.68. The third kappa shape index (κ3) is 3.07. The van der Waals surface area contributed by atoms with E-state index in [2.05, 4.69) is 28.9 Å². The molecule has 2 heterocycles. The van der Waals surface area contributed by atoms with Crippen LogP contribution >= 0.6 is 0 Å². The fourth-order valence-electron chi connectivity index (χ4n) is 2.54. The normalized spacial score (nSPS) is 20.7. The van der Waals surface area contributed by atoms with Crippen molar-refractivity contribution in [2.24, 2.45) is 0 Å². The maximum Gasteiger partial charge on any atom is 0.312 e. The zero-order valence-electron chi connectivity index (χ0n) is 10.8. The minimum absolute atomic E-state index is 0.187. The van der Waals surface area contributed by atoms with E-state index in [9.17, 15) is 4.79 Å². The van der Waals surface area contributed by atoms with Gasteiger partial charge in [0.25, 0.3) is 0 Å². The summed E-state index contributed by atoms with van der Waals surface area (Å²) in [6, 6.07) is 0.961. The molecule has 0 saturated carbocycles. The molecule has 6 heteroatoms. The topological polar surface area (TPSA) is 79.5 Å². The highest BCUT2D eigenvalue weighted by Crippen LogP contribution is 2.22. The molecule has 18 heavy (non-hydrogen) atoms. The largest absolute Gasteiger partial charge is 0.481 e. The lowest BCUT2D eigenvalue weighted by Crippen LogP contribution is -2.36. The van der Waals surface area contributed by atoms with Gasteiger partial charge >= 0.3 is 5.97 Å². The van der Waals surface area contributed by atoms with E-state index in [0.29, 0.717) is 17.9 Å². The second-order valence-corrected chi connectivity index (χ2v) is 5.01. The highest BCUT2D eigenvalue weighted by Gasteiger charge is 2.28. The summed E-state index contributed by atoms with van der Waals surface area (Å²) < 4.78 is 4.92. The smallest absolute Gasteiger partial charge is 0.312 e. The molecule has 6 nitrogen and oxygen atoms in total. The Morgan fingerprint density at radius 2 is 2.39 bits per heavy atom. The van der Waals surface area contributed by atoms with Gasteiger partial charge in [-0.3, -0.25) is 9.69 Å². The minimum atomic E-state index is -0.949. The molecule has 1 aromatic rings. The maximum atomic E-state index is 10.5. The van der Waals surface area contributed by atoms with Crippen LogP contribution in [-0.4, -0.2) is 44.7 Å². The van der Waals surface area contributed by atoms with Crippen molar-refractivity contribution in [3.63, 3.8) is 0 Å². The zero-order valence-corrected chi connectivity index (χ0v) is 10.8. The standard InChI is InChI=1S/C12H19N3O3/c1-8(2)15-5-3-4-9(15)6-10-13-11(18-14-10)7-12(16)17/h8-9H,3-7H2,1-2H3,(H,16,17).